The minimum Gasteiger partial charge on any atom is -0.372 e. The molecule has 1 aliphatic rings. The number of halogens is 1. The number of primary amides is 1. The van der Waals surface area contributed by atoms with Crippen LogP contribution in [0.1, 0.15) is 34.5 Å². The Labute approximate surface area is 170 Å². The number of aromatic nitrogens is 1. The molecule has 2 aromatic carbocycles. The monoisotopic (exact) mass is 391 g/mol. The van der Waals surface area contributed by atoms with Gasteiger partial charge in [-0.05, 0) is 67.6 Å². The maximum absolute atomic E-state index is 13.5. The molecule has 0 aliphatic carbocycles. The zero-order chi connectivity index (χ0) is 20.4. The van der Waals surface area contributed by atoms with E-state index in [4.69, 9.17) is 5.73 Å². The van der Waals surface area contributed by atoms with Gasteiger partial charge in [-0.15, -0.1) is 0 Å². The van der Waals surface area contributed by atoms with Crippen LogP contribution in [0.5, 0.6) is 0 Å². The number of carbonyl (C=O) groups excluding carboxylic acids is 1. The fourth-order valence-corrected chi connectivity index (χ4v) is 4.17. The van der Waals surface area contributed by atoms with Crippen LogP contribution in [0.15, 0.2) is 54.6 Å². The number of nitrogens with zero attached hydrogens (tertiary/aromatic N) is 2. The molecule has 1 aliphatic heterocycles. The third-order valence-corrected chi connectivity index (χ3v) is 5.78. The van der Waals surface area contributed by atoms with Crippen molar-refractivity contribution in [3.63, 3.8) is 0 Å². The van der Waals surface area contributed by atoms with Gasteiger partial charge in [-0.3, -0.25) is 4.79 Å². The summed E-state index contributed by atoms with van der Waals surface area (Å²) < 4.78 is 15.6. The summed E-state index contributed by atoms with van der Waals surface area (Å²) in [5, 5.41) is 0. The van der Waals surface area contributed by atoms with Crippen LogP contribution in [0.2, 0.25) is 0 Å². The van der Waals surface area contributed by atoms with Crippen molar-refractivity contribution in [1.29, 1.82) is 0 Å². The first-order valence-corrected chi connectivity index (χ1v) is 10.1. The van der Waals surface area contributed by atoms with Crippen LogP contribution in [-0.2, 0) is 13.0 Å². The quantitative estimate of drug-likeness (QED) is 0.670. The van der Waals surface area contributed by atoms with Gasteiger partial charge in [-0.1, -0.05) is 24.3 Å². The normalized spacial score (nSPS) is 13.8. The van der Waals surface area contributed by atoms with E-state index in [0.29, 0.717) is 18.5 Å². The third kappa shape index (κ3) is 4.04. The van der Waals surface area contributed by atoms with Gasteiger partial charge in [0.05, 0.1) is 5.56 Å². The number of anilines is 1. The Hall–Kier alpha value is -3.08. The molecule has 4 nitrogen and oxygen atoms in total. The van der Waals surface area contributed by atoms with E-state index in [0.717, 1.165) is 35.6 Å². The van der Waals surface area contributed by atoms with Crippen LogP contribution >= 0.6 is 0 Å². The van der Waals surface area contributed by atoms with Crippen molar-refractivity contribution >= 4 is 11.6 Å². The molecule has 150 valence electrons. The minimum atomic E-state index is -0.429. The Morgan fingerprint density at radius 3 is 2.45 bits per heavy atom. The number of rotatable bonds is 6. The summed E-state index contributed by atoms with van der Waals surface area (Å²) in [6.45, 7) is 4.77. The van der Waals surface area contributed by atoms with E-state index in [1.165, 1.54) is 24.6 Å². The molecule has 2 heterocycles. The van der Waals surface area contributed by atoms with Gasteiger partial charge in [-0.2, -0.15) is 0 Å². The van der Waals surface area contributed by atoms with Crippen molar-refractivity contribution in [3.8, 4) is 11.3 Å². The molecule has 0 radical (unpaired) electrons. The summed E-state index contributed by atoms with van der Waals surface area (Å²) >= 11 is 0. The van der Waals surface area contributed by atoms with Crippen LogP contribution in [0.4, 0.5) is 10.1 Å². The van der Waals surface area contributed by atoms with E-state index in [1.54, 1.807) is 12.1 Å². The van der Waals surface area contributed by atoms with Gasteiger partial charge in [0, 0.05) is 36.7 Å². The van der Waals surface area contributed by atoms with Gasteiger partial charge in [0.15, 0.2) is 0 Å². The predicted molar refractivity (Wildman–Crippen MR) is 115 cm³/mol. The second-order valence-corrected chi connectivity index (χ2v) is 7.67. The van der Waals surface area contributed by atoms with Crippen LogP contribution in [-0.4, -0.2) is 23.6 Å². The number of hydrogen-bond acceptors (Lipinski definition) is 2. The standard InChI is InChI=1S/C24H26FN3O/c1-17-22(24(26)29)16-23(28(17)14-11-18-5-4-6-20(25)15-18)19-7-9-21(10-8-19)27-12-2-3-13-27/h4-10,15-16H,2-3,11-14H2,1H3,(H2,26,29). The summed E-state index contributed by atoms with van der Waals surface area (Å²) in [5.41, 5.74) is 11.1. The lowest BCUT2D eigenvalue weighted by atomic mass is 10.1. The zero-order valence-corrected chi connectivity index (χ0v) is 16.7. The number of nitrogens with two attached hydrogens (primary N) is 1. The Morgan fingerprint density at radius 1 is 1.07 bits per heavy atom. The molecule has 0 spiro atoms. The molecule has 1 aromatic heterocycles. The van der Waals surface area contributed by atoms with E-state index < -0.39 is 5.91 Å². The lowest BCUT2D eigenvalue weighted by Crippen LogP contribution is -2.17. The average Bonchev–Trinajstić information content (AvgIpc) is 3.35. The highest BCUT2D eigenvalue weighted by Gasteiger charge is 2.18. The van der Waals surface area contributed by atoms with Crippen molar-refractivity contribution in [3.05, 3.63) is 77.2 Å². The molecule has 0 unspecified atom stereocenters. The summed E-state index contributed by atoms with van der Waals surface area (Å²) in [6, 6.07) is 17.0. The lowest BCUT2D eigenvalue weighted by Gasteiger charge is -2.18. The van der Waals surface area contributed by atoms with Crippen molar-refractivity contribution < 1.29 is 9.18 Å². The smallest absolute Gasteiger partial charge is 0.250 e. The number of aryl methyl sites for hydroxylation is 1. The molecule has 1 fully saturated rings. The maximum atomic E-state index is 13.5. The van der Waals surface area contributed by atoms with E-state index in [9.17, 15) is 9.18 Å². The van der Waals surface area contributed by atoms with Gasteiger partial charge in [-0.25, -0.2) is 4.39 Å². The average molecular weight is 391 g/mol. The molecule has 0 atom stereocenters. The van der Waals surface area contributed by atoms with Crippen molar-refractivity contribution in [2.45, 2.75) is 32.7 Å². The fourth-order valence-electron chi connectivity index (χ4n) is 4.17. The van der Waals surface area contributed by atoms with Gasteiger partial charge in [0.25, 0.3) is 5.91 Å². The first-order chi connectivity index (χ1) is 14.0. The van der Waals surface area contributed by atoms with E-state index in [-0.39, 0.29) is 5.82 Å². The molecule has 3 aromatic rings. The maximum Gasteiger partial charge on any atom is 0.250 e. The van der Waals surface area contributed by atoms with Crippen LogP contribution < -0.4 is 10.6 Å². The van der Waals surface area contributed by atoms with Gasteiger partial charge < -0.3 is 15.2 Å². The molecular weight excluding hydrogens is 365 g/mol. The first kappa shape index (κ1) is 19.2. The summed E-state index contributed by atoms with van der Waals surface area (Å²) in [4.78, 5) is 14.3. The van der Waals surface area contributed by atoms with Crippen LogP contribution in [0, 0.1) is 12.7 Å². The Balaban J connectivity index is 1.64. The highest BCUT2D eigenvalue weighted by molar-refractivity contribution is 5.95. The molecule has 29 heavy (non-hydrogen) atoms. The molecule has 0 saturated carbocycles. The molecule has 1 saturated heterocycles. The number of carbonyl (C=O) groups is 1. The number of hydrogen-bond donors (Lipinski definition) is 1. The fraction of sp³-hybridized carbons (Fsp3) is 0.292. The molecule has 5 heteroatoms. The Kier molecular flexibility index (Phi) is 5.38. The molecule has 0 bridgehead atoms. The number of amides is 1. The summed E-state index contributed by atoms with van der Waals surface area (Å²) in [6.07, 6.45) is 3.15. The summed E-state index contributed by atoms with van der Waals surface area (Å²) in [7, 11) is 0. The van der Waals surface area contributed by atoms with E-state index in [2.05, 4.69) is 33.7 Å². The summed E-state index contributed by atoms with van der Waals surface area (Å²) in [5.74, 6) is -0.663. The Morgan fingerprint density at radius 2 is 1.79 bits per heavy atom. The second kappa shape index (κ2) is 8.11. The molecule has 2 N–H and O–H groups in total. The van der Waals surface area contributed by atoms with Gasteiger partial charge in [0.1, 0.15) is 5.82 Å². The predicted octanol–water partition coefficient (Wildman–Crippen LogP) is 4.54. The van der Waals surface area contributed by atoms with Crippen molar-refractivity contribution in [1.82, 2.24) is 4.57 Å². The largest absolute Gasteiger partial charge is 0.372 e. The highest BCUT2D eigenvalue weighted by atomic mass is 19.1. The zero-order valence-electron chi connectivity index (χ0n) is 16.7. The molecule has 1 amide bonds. The molecule has 4 rings (SSSR count). The lowest BCUT2D eigenvalue weighted by molar-refractivity contribution is 0.0999. The second-order valence-electron chi connectivity index (χ2n) is 7.67. The SMILES string of the molecule is Cc1c(C(N)=O)cc(-c2ccc(N3CCCC3)cc2)n1CCc1cccc(F)c1. The first-order valence-electron chi connectivity index (χ1n) is 10.1. The topological polar surface area (TPSA) is 51.3 Å². The van der Waals surface area contributed by atoms with Crippen molar-refractivity contribution in [2.24, 2.45) is 5.73 Å². The van der Waals surface area contributed by atoms with E-state index >= 15 is 0 Å². The van der Waals surface area contributed by atoms with Gasteiger partial charge in [0.2, 0.25) is 0 Å². The third-order valence-electron chi connectivity index (χ3n) is 5.78. The van der Waals surface area contributed by atoms with Crippen LogP contribution in [0.25, 0.3) is 11.3 Å². The molecular formula is C24H26FN3O. The van der Waals surface area contributed by atoms with E-state index in [1.807, 2.05) is 19.1 Å². The Bertz CT molecular complexity index is 1020. The van der Waals surface area contributed by atoms with Gasteiger partial charge >= 0.3 is 0 Å². The minimum absolute atomic E-state index is 0.234. The van der Waals surface area contributed by atoms with Crippen molar-refractivity contribution in [2.75, 3.05) is 18.0 Å². The highest BCUT2D eigenvalue weighted by Crippen LogP contribution is 2.29. The van der Waals surface area contributed by atoms with Crippen LogP contribution in [0.3, 0.4) is 0 Å². The number of benzene rings is 2.